The molecule has 1 aromatic rings. The van der Waals surface area contributed by atoms with Crippen LogP contribution in [0, 0.1) is 0 Å². The highest BCUT2D eigenvalue weighted by Crippen LogP contribution is 2.24. The molecule has 1 aliphatic heterocycles. The van der Waals surface area contributed by atoms with Crippen molar-refractivity contribution in [3.8, 4) is 0 Å². The van der Waals surface area contributed by atoms with Gasteiger partial charge in [-0.2, -0.15) is 0 Å². The van der Waals surface area contributed by atoms with Crippen LogP contribution in [0.15, 0.2) is 18.2 Å². The molecule has 0 unspecified atom stereocenters. The van der Waals surface area contributed by atoms with Crippen LogP contribution in [0.5, 0.6) is 0 Å². The van der Waals surface area contributed by atoms with Crippen LogP contribution in [0.3, 0.4) is 0 Å². The molecule has 1 heterocycles. The van der Waals surface area contributed by atoms with Gasteiger partial charge in [0.15, 0.2) is 0 Å². The molecular weight excluding hydrogens is 264 g/mol. The van der Waals surface area contributed by atoms with Crippen LogP contribution in [0.1, 0.15) is 24.2 Å². The molecule has 0 saturated carbocycles. The molecule has 104 valence electrons. The number of hydrogen-bond acceptors (Lipinski definition) is 3. The molecule has 2 rings (SSSR count). The fraction of sp³-hybridized carbons (Fsp3) is 0.500. The highest BCUT2D eigenvalue weighted by Gasteiger charge is 2.31. The Labute approximate surface area is 118 Å². The number of benzene rings is 1. The van der Waals surface area contributed by atoms with Gasteiger partial charge in [0.2, 0.25) is 0 Å². The number of halogens is 1. The lowest BCUT2D eigenvalue weighted by atomic mass is 10.1. The first-order valence-corrected chi connectivity index (χ1v) is 6.71. The van der Waals surface area contributed by atoms with Gasteiger partial charge in [-0.05, 0) is 32.0 Å². The Hall–Kier alpha value is -1.26. The molecule has 0 spiro atoms. The first-order valence-electron chi connectivity index (χ1n) is 6.33. The zero-order valence-corrected chi connectivity index (χ0v) is 12.3. The predicted molar refractivity (Wildman–Crippen MR) is 76.9 cm³/mol. The van der Waals surface area contributed by atoms with Crippen molar-refractivity contribution >= 4 is 23.2 Å². The maximum Gasteiger partial charge on any atom is 0.256 e. The van der Waals surface area contributed by atoms with Gasteiger partial charge in [-0.1, -0.05) is 11.6 Å². The first-order chi connectivity index (χ1) is 8.93. The van der Waals surface area contributed by atoms with E-state index in [9.17, 15) is 4.79 Å². The number of carbonyl (C=O) groups is 1. The molecule has 5 heteroatoms. The highest BCUT2D eigenvalue weighted by molar-refractivity contribution is 6.31. The van der Waals surface area contributed by atoms with Crippen LogP contribution >= 0.6 is 11.6 Å². The zero-order chi connectivity index (χ0) is 14.0. The highest BCUT2D eigenvalue weighted by atomic mass is 35.5. The van der Waals surface area contributed by atoms with Crippen molar-refractivity contribution in [3.63, 3.8) is 0 Å². The first kappa shape index (κ1) is 14.2. The molecule has 1 amide bonds. The number of anilines is 1. The summed E-state index contributed by atoms with van der Waals surface area (Å²) in [5, 5.41) is 3.59. The number of rotatable bonds is 2. The number of nitrogens with one attached hydrogen (secondary N) is 1. The van der Waals surface area contributed by atoms with Crippen LogP contribution in [0.4, 0.5) is 5.69 Å². The second-order valence-electron chi connectivity index (χ2n) is 5.27. The number of ether oxygens (including phenoxy) is 1. The van der Waals surface area contributed by atoms with Crippen molar-refractivity contribution in [2.75, 3.05) is 32.1 Å². The molecule has 0 bridgehead atoms. The third kappa shape index (κ3) is 3.19. The number of nitrogens with zero attached hydrogens (tertiary/aromatic N) is 1. The van der Waals surface area contributed by atoms with E-state index in [0.29, 0.717) is 30.3 Å². The molecule has 0 aromatic heterocycles. The Bertz CT molecular complexity index is 488. The van der Waals surface area contributed by atoms with Crippen LogP contribution in [0.2, 0.25) is 5.02 Å². The number of morpholine rings is 1. The molecule has 1 aromatic carbocycles. The van der Waals surface area contributed by atoms with Crippen LogP contribution in [-0.2, 0) is 4.74 Å². The van der Waals surface area contributed by atoms with E-state index >= 15 is 0 Å². The topological polar surface area (TPSA) is 41.6 Å². The third-order valence-electron chi connectivity index (χ3n) is 3.19. The summed E-state index contributed by atoms with van der Waals surface area (Å²) in [6, 6.07) is 5.30. The van der Waals surface area contributed by atoms with Crippen molar-refractivity contribution in [3.05, 3.63) is 28.8 Å². The second-order valence-corrected chi connectivity index (χ2v) is 5.71. The van der Waals surface area contributed by atoms with E-state index in [1.165, 1.54) is 0 Å². The van der Waals surface area contributed by atoms with E-state index in [0.717, 1.165) is 5.69 Å². The van der Waals surface area contributed by atoms with Gasteiger partial charge >= 0.3 is 0 Å². The predicted octanol–water partition coefficient (Wildman–Crippen LogP) is 2.63. The quantitative estimate of drug-likeness (QED) is 0.907. The SMILES string of the molecule is CNc1ccc(Cl)cc1C(=O)N1CCOC(C)(C)C1. The summed E-state index contributed by atoms with van der Waals surface area (Å²) in [7, 11) is 1.79. The Balaban J connectivity index is 2.26. The number of amides is 1. The Kier molecular flexibility index (Phi) is 4.02. The minimum Gasteiger partial charge on any atom is -0.387 e. The fourth-order valence-corrected chi connectivity index (χ4v) is 2.44. The average molecular weight is 283 g/mol. The lowest BCUT2D eigenvalue weighted by Gasteiger charge is -2.38. The van der Waals surface area contributed by atoms with Gasteiger partial charge < -0.3 is 15.0 Å². The summed E-state index contributed by atoms with van der Waals surface area (Å²) in [5.41, 5.74) is 1.10. The van der Waals surface area contributed by atoms with Crippen LogP contribution in [0.25, 0.3) is 0 Å². The smallest absolute Gasteiger partial charge is 0.256 e. The largest absolute Gasteiger partial charge is 0.387 e. The van der Waals surface area contributed by atoms with Gasteiger partial charge in [-0.25, -0.2) is 0 Å². The molecule has 1 aliphatic rings. The van der Waals surface area contributed by atoms with Gasteiger partial charge in [0, 0.05) is 30.8 Å². The van der Waals surface area contributed by atoms with Crippen LogP contribution < -0.4 is 5.32 Å². The minimum atomic E-state index is -0.299. The molecule has 0 aliphatic carbocycles. The van der Waals surface area contributed by atoms with E-state index in [2.05, 4.69) is 5.32 Å². The van der Waals surface area contributed by atoms with E-state index in [1.54, 1.807) is 19.2 Å². The maximum absolute atomic E-state index is 12.6. The zero-order valence-electron chi connectivity index (χ0n) is 11.5. The normalized spacial score (nSPS) is 18.2. The molecule has 1 saturated heterocycles. The lowest BCUT2D eigenvalue weighted by molar-refractivity contribution is -0.0763. The lowest BCUT2D eigenvalue weighted by Crippen LogP contribution is -2.50. The fourth-order valence-electron chi connectivity index (χ4n) is 2.27. The maximum atomic E-state index is 12.6. The molecule has 4 nitrogen and oxygen atoms in total. The van der Waals surface area contributed by atoms with Crippen molar-refractivity contribution < 1.29 is 9.53 Å². The van der Waals surface area contributed by atoms with Gasteiger partial charge in [-0.15, -0.1) is 0 Å². The summed E-state index contributed by atoms with van der Waals surface area (Å²) >= 11 is 5.99. The summed E-state index contributed by atoms with van der Waals surface area (Å²) in [6.45, 7) is 5.74. The Morgan fingerprint density at radius 3 is 2.84 bits per heavy atom. The second kappa shape index (κ2) is 5.39. The Morgan fingerprint density at radius 2 is 2.21 bits per heavy atom. The summed E-state index contributed by atoms with van der Waals surface area (Å²) < 4.78 is 5.63. The number of hydrogen-bond donors (Lipinski definition) is 1. The molecule has 1 N–H and O–H groups in total. The van der Waals surface area contributed by atoms with E-state index in [4.69, 9.17) is 16.3 Å². The van der Waals surface area contributed by atoms with Crippen molar-refractivity contribution in [1.29, 1.82) is 0 Å². The van der Waals surface area contributed by atoms with Crippen LogP contribution in [-0.4, -0.2) is 43.2 Å². The van der Waals surface area contributed by atoms with Gasteiger partial charge in [0.05, 0.1) is 17.8 Å². The van der Waals surface area contributed by atoms with Crippen molar-refractivity contribution in [2.45, 2.75) is 19.4 Å². The number of carbonyl (C=O) groups excluding carboxylic acids is 1. The molecule has 0 radical (unpaired) electrons. The Morgan fingerprint density at radius 1 is 1.47 bits per heavy atom. The van der Waals surface area contributed by atoms with Crippen molar-refractivity contribution in [1.82, 2.24) is 4.90 Å². The van der Waals surface area contributed by atoms with E-state index < -0.39 is 0 Å². The monoisotopic (exact) mass is 282 g/mol. The summed E-state index contributed by atoms with van der Waals surface area (Å²) in [5.74, 6) is -0.0109. The average Bonchev–Trinajstić information content (AvgIpc) is 2.36. The van der Waals surface area contributed by atoms with Gasteiger partial charge in [0.25, 0.3) is 5.91 Å². The molecule has 19 heavy (non-hydrogen) atoms. The summed E-state index contributed by atoms with van der Waals surface area (Å²) in [6.07, 6.45) is 0. The van der Waals surface area contributed by atoms with E-state index in [-0.39, 0.29) is 11.5 Å². The molecule has 1 fully saturated rings. The third-order valence-corrected chi connectivity index (χ3v) is 3.43. The summed E-state index contributed by atoms with van der Waals surface area (Å²) in [4.78, 5) is 14.4. The van der Waals surface area contributed by atoms with Gasteiger partial charge in [0.1, 0.15) is 0 Å². The van der Waals surface area contributed by atoms with Gasteiger partial charge in [-0.3, -0.25) is 4.79 Å². The van der Waals surface area contributed by atoms with E-state index in [1.807, 2.05) is 24.8 Å². The van der Waals surface area contributed by atoms with Crippen molar-refractivity contribution in [2.24, 2.45) is 0 Å². The minimum absolute atomic E-state index is 0.0109. The molecular formula is C14H19ClN2O2. The standard InChI is InChI=1S/C14H19ClN2O2/c1-14(2)9-17(6-7-19-14)13(18)11-8-10(15)4-5-12(11)16-3/h4-5,8,16H,6-7,9H2,1-3H3. The molecule has 0 atom stereocenters.